The number of alkyl halides is 2. The van der Waals surface area contributed by atoms with Gasteiger partial charge in [0.15, 0.2) is 0 Å². The summed E-state index contributed by atoms with van der Waals surface area (Å²) < 4.78 is 24.6. The zero-order valence-electron chi connectivity index (χ0n) is 6.60. The van der Waals surface area contributed by atoms with Crippen LogP contribution in [-0.4, -0.2) is 11.1 Å². The third-order valence-corrected chi connectivity index (χ3v) is 2.17. The molecule has 0 saturated heterocycles. The normalized spacial score (nSPS) is 10.6. The monoisotopic (exact) mass is 240 g/mol. The number of hydrogen-bond donors (Lipinski definition) is 1. The van der Waals surface area contributed by atoms with Crippen LogP contribution in [0.1, 0.15) is 22.3 Å². The molecule has 0 unspecified atom stereocenters. The molecule has 14 heavy (non-hydrogen) atoms. The van der Waals surface area contributed by atoms with Gasteiger partial charge in [0.1, 0.15) is 0 Å². The van der Waals surface area contributed by atoms with Crippen LogP contribution in [0.5, 0.6) is 0 Å². The van der Waals surface area contributed by atoms with Crippen LogP contribution < -0.4 is 0 Å². The van der Waals surface area contributed by atoms with Crippen molar-refractivity contribution < 1.29 is 18.7 Å². The molecule has 0 amide bonds. The van der Waals surface area contributed by atoms with Crippen molar-refractivity contribution in [2.24, 2.45) is 0 Å². The zero-order chi connectivity index (χ0) is 10.9. The van der Waals surface area contributed by atoms with Crippen LogP contribution in [0.4, 0.5) is 8.78 Å². The molecule has 0 atom stereocenters. The predicted molar refractivity (Wildman–Crippen MR) is 48.4 cm³/mol. The van der Waals surface area contributed by atoms with E-state index in [-0.39, 0.29) is 15.6 Å². The quantitative estimate of drug-likeness (QED) is 0.858. The largest absolute Gasteiger partial charge is 0.478 e. The van der Waals surface area contributed by atoms with Crippen LogP contribution in [0, 0.1) is 0 Å². The molecule has 0 aliphatic heterocycles. The molecule has 0 fully saturated rings. The maximum Gasteiger partial charge on any atom is 0.335 e. The second-order valence-electron chi connectivity index (χ2n) is 2.46. The standard InChI is InChI=1S/C8H4Cl2F2O2/c9-4-1-3(8(13)14)2-5(10)6(4)7(11)12/h1-2,7H,(H,13,14). The number of hydrogen-bond acceptors (Lipinski definition) is 1. The SMILES string of the molecule is O=C(O)c1cc(Cl)c(C(F)F)c(Cl)c1. The fourth-order valence-electron chi connectivity index (χ4n) is 0.916. The maximum atomic E-state index is 12.3. The third-order valence-electron chi connectivity index (χ3n) is 1.54. The summed E-state index contributed by atoms with van der Waals surface area (Å²) in [7, 11) is 0. The molecule has 1 N–H and O–H groups in total. The molecule has 0 aromatic heterocycles. The van der Waals surface area contributed by atoms with Crippen molar-refractivity contribution in [1.29, 1.82) is 0 Å². The van der Waals surface area contributed by atoms with Crippen molar-refractivity contribution in [3.05, 3.63) is 33.3 Å². The lowest BCUT2D eigenvalue weighted by molar-refractivity contribution is 0.0696. The van der Waals surface area contributed by atoms with Crippen molar-refractivity contribution in [3.63, 3.8) is 0 Å². The Bertz CT molecular complexity index is 357. The number of carboxylic acid groups (broad SMARTS) is 1. The first-order chi connectivity index (χ1) is 6.43. The van der Waals surface area contributed by atoms with E-state index in [9.17, 15) is 13.6 Å². The average Bonchev–Trinajstić information content (AvgIpc) is 2.01. The van der Waals surface area contributed by atoms with Gasteiger partial charge in [0, 0.05) is 0 Å². The van der Waals surface area contributed by atoms with Gasteiger partial charge in [-0.15, -0.1) is 0 Å². The van der Waals surface area contributed by atoms with Gasteiger partial charge >= 0.3 is 5.97 Å². The predicted octanol–water partition coefficient (Wildman–Crippen LogP) is 3.63. The summed E-state index contributed by atoms with van der Waals surface area (Å²) in [6.45, 7) is 0. The summed E-state index contributed by atoms with van der Waals surface area (Å²) in [4.78, 5) is 10.5. The molecule has 0 radical (unpaired) electrons. The number of carbonyl (C=O) groups is 1. The minimum atomic E-state index is -2.82. The van der Waals surface area contributed by atoms with Gasteiger partial charge in [-0.25, -0.2) is 13.6 Å². The molecular weight excluding hydrogens is 237 g/mol. The Morgan fingerprint density at radius 2 is 1.71 bits per heavy atom. The van der Waals surface area contributed by atoms with Crippen molar-refractivity contribution >= 4 is 29.2 Å². The summed E-state index contributed by atoms with van der Waals surface area (Å²) in [6.07, 6.45) is -2.82. The number of benzene rings is 1. The van der Waals surface area contributed by atoms with Gasteiger partial charge in [-0.3, -0.25) is 0 Å². The Kier molecular flexibility index (Phi) is 3.29. The van der Waals surface area contributed by atoms with E-state index in [1.165, 1.54) is 0 Å². The van der Waals surface area contributed by atoms with Gasteiger partial charge in [-0.05, 0) is 12.1 Å². The van der Waals surface area contributed by atoms with E-state index in [0.717, 1.165) is 12.1 Å². The Labute approximate surface area is 88.1 Å². The first kappa shape index (κ1) is 11.2. The summed E-state index contributed by atoms with van der Waals surface area (Å²) in [5, 5.41) is 7.87. The number of carboxylic acids is 1. The van der Waals surface area contributed by atoms with Crippen LogP contribution in [0.15, 0.2) is 12.1 Å². The number of rotatable bonds is 2. The van der Waals surface area contributed by atoms with Crippen molar-refractivity contribution in [2.45, 2.75) is 6.43 Å². The van der Waals surface area contributed by atoms with Gasteiger partial charge in [0.25, 0.3) is 6.43 Å². The van der Waals surface area contributed by atoms with Gasteiger partial charge in [-0.1, -0.05) is 23.2 Å². The molecule has 0 bridgehead atoms. The molecule has 0 aliphatic rings. The lowest BCUT2D eigenvalue weighted by atomic mass is 10.1. The van der Waals surface area contributed by atoms with Crippen LogP contribution in [0.2, 0.25) is 10.0 Å². The molecule has 0 aliphatic carbocycles. The van der Waals surface area contributed by atoms with E-state index in [4.69, 9.17) is 28.3 Å². The average molecular weight is 241 g/mol. The zero-order valence-corrected chi connectivity index (χ0v) is 8.11. The summed E-state index contributed by atoms with van der Waals surface area (Å²) in [5.74, 6) is -1.27. The van der Waals surface area contributed by atoms with Gasteiger partial charge in [0.05, 0.1) is 21.2 Å². The fourth-order valence-corrected chi connectivity index (χ4v) is 1.57. The van der Waals surface area contributed by atoms with E-state index in [1.807, 2.05) is 0 Å². The molecule has 2 nitrogen and oxygen atoms in total. The topological polar surface area (TPSA) is 37.3 Å². The second-order valence-corrected chi connectivity index (χ2v) is 3.27. The first-order valence-corrected chi connectivity index (χ1v) is 4.19. The van der Waals surface area contributed by atoms with Crippen LogP contribution in [0.3, 0.4) is 0 Å². The van der Waals surface area contributed by atoms with Crippen molar-refractivity contribution in [3.8, 4) is 0 Å². The Morgan fingerprint density at radius 1 is 1.29 bits per heavy atom. The van der Waals surface area contributed by atoms with Crippen molar-refractivity contribution in [1.82, 2.24) is 0 Å². The van der Waals surface area contributed by atoms with Crippen LogP contribution in [0.25, 0.3) is 0 Å². The highest BCUT2D eigenvalue weighted by atomic mass is 35.5. The Morgan fingerprint density at radius 3 is 2.00 bits per heavy atom. The molecule has 0 saturated carbocycles. The van der Waals surface area contributed by atoms with E-state index in [2.05, 4.69) is 0 Å². The Balaban J connectivity index is 3.32. The van der Waals surface area contributed by atoms with Crippen LogP contribution in [-0.2, 0) is 0 Å². The molecule has 76 valence electrons. The fraction of sp³-hybridized carbons (Fsp3) is 0.125. The molecular formula is C8H4Cl2F2O2. The Hall–Kier alpha value is -0.870. The lowest BCUT2D eigenvalue weighted by Gasteiger charge is -2.06. The molecule has 1 rings (SSSR count). The minimum absolute atomic E-state index is 0.218. The highest BCUT2D eigenvalue weighted by molar-refractivity contribution is 6.36. The highest BCUT2D eigenvalue weighted by Gasteiger charge is 2.18. The third kappa shape index (κ3) is 2.13. The smallest absolute Gasteiger partial charge is 0.335 e. The van der Waals surface area contributed by atoms with E-state index >= 15 is 0 Å². The second kappa shape index (κ2) is 4.11. The molecule has 0 heterocycles. The minimum Gasteiger partial charge on any atom is -0.478 e. The van der Waals surface area contributed by atoms with Gasteiger partial charge < -0.3 is 5.11 Å². The lowest BCUT2D eigenvalue weighted by Crippen LogP contribution is -1.98. The molecule has 1 aromatic rings. The van der Waals surface area contributed by atoms with Gasteiger partial charge in [-0.2, -0.15) is 0 Å². The summed E-state index contributed by atoms with van der Waals surface area (Å²) >= 11 is 10.9. The first-order valence-electron chi connectivity index (χ1n) is 3.44. The van der Waals surface area contributed by atoms with E-state index in [1.54, 1.807) is 0 Å². The molecule has 0 spiro atoms. The summed E-state index contributed by atoms with van der Waals surface area (Å²) in [5.41, 5.74) is -0.761. The maximum absolute atomic E-state index is 12.3. The van der Waals surface area contributed by atoms with Gasteiger partial charge in [0.2, 0.25) is 0 Å². The van der Waals surface area contributed by atoms with E-state index in [0.29, 0.717) is 0 Å². The molecule has 6 heteroatoms. The molecule has 1 aromatic carbocycles. The van der Waals surface area contributed by atoms with Crippen molar-refractivity contribution in [2.75, 3.05) is 0 Å². The number of aromatic carboxylic acids is 1. The number of halogens is 4. The highest BCUT2D eigenvalue weighted by Crippen LogP contribution is 2.34. The van der Waals surface area contributed by atoms with Crippen LogP contribution >= 0.6 is 23.2 Å². The summed E-state index contributed by atoms with van der Waals surface area (Å²) in [6, 6.07) is 1.88. The van der Waals surface area contributed by atoms with E-state index < -0.39 is 18.0 Å².